The molecule has 1 N–H and O–H groups in total. The normalized spacial score (nSPS) is 26.1. The molecule has 1 aromatic carbocycles. The second-order valence-electron chi connectivity index (χ2n) is 5.74. The van der Waals surface area contributed by atoms with Gasteiger partial charge in [0.15, 0.2) is 0 Å². The molecule has 5 nitrogen and oxygen atoms in total. The van der Waals surface area contributed by atoms with Crippen LogP contribution in [0.15, 0.2) is 29.4 Å². The van der Waals surface area contributed by atoms with Gasteiger partial charge in [-0.2, -0.15) is 0 Å². The standard InChI is InChI=1S/C16H18N2O3/c1-10(17-21)11-6-8-12(9-7-11)18-15(19)13-4-2-3-5-14(13)16(18)20/h6-9,13-14,21H,2-5H2,1H3/b17-10-/t13-,14+. The van der Waals surface area contributed by atoms with E-state index < -0.39 is 0 Å². The summed E-state index contributed by atoms with van der Waals surface area (Å²) < 4.78 is 0. The Morgan fingerprint density at radius 3 is 2.10 bits per heavy atom. The van der Waals surface area contributed by atoms with Crippen molar-refractivity contribution in [2.75, 3.05) is 4.90 Å². The highest BCUT2D eigenvalue weighted by atomic mass is 16.4. The van der Waals surface area contributed by atoms with Gasteiger partial charge >= 0.3 is 0 Å². The number of anilines is 1. The summed E-state index contributed by atoms with van der Waals surface area (Å²) in [5, 5.41) is 11.9. The Morgan fingerprint density at radius 2 is 1.62 bits per heavy atom. The molecule has 0 radical (unpaired) electrons. The molecular formula is C16H18N2O3. The maximum atomic E-state index is 12.5. The lowest BCUT2D eigenvalue weighted by molar-refractivity contribution is -0.122. The van der Waals surface area contributed by atoms with E-state index in [2.05, 4.69) is 5.16 Å². The van der Waals surface area contributed by atoms with Crippen LogP contribution in [-0.4, -0.2) is 22.7 Å². The SMILES string of the molecule is C/C(=N/O)c1ccc(N2C(=O)[C@H]3CCCC[C@H]3C2=O)cc1. The van der Waals surface area contributed by atoms with E-state index in [0.717, 1.165) is 31.2 Å². The quantitative estimate of drug-likeness (QED) is 0.393. The molecule has 2 amide bonds. The molecule has 1 heterocycles. The van der Waals surface area contributed by atoms with Crippen molar-refractivity contribution >= 4 is 23.2 Å². The van der Waals surface area contributed by atoms with Gasteiger partial charge in [0.1, 0.15) is 0 Å². The monoisotopic (exact) mass is 286 g/mol. The summed E-state index contributed by atoms with van der Waals surface area (Å²) in [4.78, 5) is 26.3. The van der Waals surface area contributed by atoms with Crippen LogP contribution in [-0.2, 0) is 9.59 Å². The fourth-order valence-electron chi connectivity index (χ4n) is 3.33. The molecule has 1 aromatic rings. The van der Waals surface area contributed by atoms with Gasteiger partial charge in [-0.1, -0.05) is 30.1 Å². The van der Waals surface area contributed by atoms with E-state index >= 15 is 0 Å². The van der Waals surface area contributed by atoms with Gasteiger partial charge < -0.3 is 5.21 Å². The zero-order valence-electron chi connectivity index (χ0n) is 12.0. The predicted molar refractivity (Wildman–Crippen MR) is 78.4 cm³/mol. The topological polar surface area (TPSA) is 70.0 Å². The van der Waals surface area contributed by atoms with Gasteiger partial charge in [-0.05, 0) is 37.5 Å². The number of benzene rings is 1. The van der Waals surface area contributed by atoms with Gasteiger partial charge in [-0.25, -0.2) is 0 Å². The van der Waals surface area contributed by atoms with Gasteiger partial charge in [0.05, 0.1) is 23.2 Å². The number of oxime groups is 1. The smallest absolute Gasteiger partial charge is 0.237 e. The minimum absolute atomic E-state index is 0.0648. The third-order valence-corrected chi connectivity index (χ3v) is 4.53. The first-order valence-electron chi connectivity index (χ1n) is 7.30. The lowest BCUT2D eigenvalue weighted by Crippen LogP contribution is -2.30. The first-order chi connectivity index (χ1) is 10.1. The lowest BCUT2D eigenvalue weighted by Gasteiger charge is -2.19. The molecule has 21 heavy (non-hydrogen) atoms. The van der Waals surface area contributed by atoms with Crippen LogP contribution in [0.25, 0.3) is 0 Å². The molecule has 5 heteroatoms. The Kier molecular flexibility index (Phi) is 3.49. The first-order valence-corrected chi connectivity index (χ1v) is 7.30. The molecule has 0 aromatic heterocycles. The highest BCUT2D eigenvalue weighted by molar-refractivity contribution is 6.22. The van der Waals surface area contributed by atoms with Crippen molar-refractivity contribution in [2.45, 2.75) is 32.6 Å². The molecule has 1 aliphatic heterocycles. The van der Waals surface area contributed by atoms with Crippen molar-refractivity contribution < 1.29 is 14.8 Å². The van der Waals surface area contributed by atoms with Crippen LogP contribution in [0.5, 0.6) is 0 Å². The largest absolute Gasteiger partial charge is 0.411 e. The van der Waals surface area contributed by atoms with Crippen LogP contribution in [0, 0.1) is 11.8 Å². The second kappa shape index (κ2) is 5.31. The lowest BCUT2D eigenvalue weighted by atomic mass is 9.81. The number of amides is 2. The Bertz CT molecular complexity index is 582. The van der Waals surface area contributed by atoms with E-state index in [-0.39, 0.29) is 23.7 Å². The van der Waals surface area contributed by atoms with Crippen molar-refractivity contribution in [3.63, 3.8) is 0 Å². The average Bonchev–Trinajstić information content (AvgIpc) is 2.79. The Hall–Kier alpha value is -2.17. The Morgan fingerprint density at radius 1 is 1.10 bits per heavy atom. The van der Waals surface area contributed by atoms with Crippen molar-refractivity contribution in [3.8, 4) is 0 Å². The Balaban J connectivity index is 1.89. The summed E-state index contributed by atoms with van der Waals surface area (Å²) in [6.07, 6.45) is 3.69. The molecule has 110 valence electrons. The summed E-state index contributed by atoms with van der Waals surface area (Å²) >= 11 is 0. The summed E-state index contributed by atoms with van der Waals surface area (Å²) in [5.74, 6) is -0.395. The zero-order valence-corrected chi connectivity index (χ0v) is 12.0. The maximum Gasteiger partial charge on any atom is 0.237 e. The molecule has 2 fully saturated rings. The van der Waals surface area contributed by atoms with Crippen molar-refractivity contribution in [1.82, 2.24) is 0 Å². The van der Waals surface area contributed by atoms with Gasteiger partial charge in [0.2, 0.25) is 11.8 Å². The minimum Gasteiger partial charge on any atom is -0.411 e. The van der Waals surface area contributed by atoms with E-state index in [1.54, 1.807) is 31.2 Å². The summed E-state index contributed by atoms with van der Waals surface area (Å²) in [5.41, 5.74) is 1.86. The van der Waals surface area contributed by atoms with Crippen molar-refractivity contribution in [1.29, 1.82) is 0 Å². The van der Waals surface area contributed by atoms with Crippen LogP contribution in [0.3, 0.4) is 0 Å². The predicted octanol–water partition coefficient (Wildman–Crippen LogP) is 2.56. The van der Waals surface area contributed by atoms with Gasteiger partial charge in [0.25, 0.3) is 0 Å². The number of carbonyl (C=O) groups is 2. The second-order valence-corrected chi connectivity index (χ2v) is 5.74. The third kappa shape index (κ3) is 2.22. The van der Waals surface area contributed by atoms with E-state index in [0.29, 0.717) is 11.4 Å². The number of rotatable bonds is 2. The molecule has 1 saturated heterocycles. The maximum absolute atomic E-state index is 12.5. The molecule has 1 saturated carbocycles. The van der Waals surface area contributed by atoms with Crippen LogP contribution < -0.4 is 4.90 Å². The van der Waals surface area contributed by atoms with E-state index in [4.69, 9.17) is 5.21 Å². The molecule has 0 bridgehead atoms. The molecule has 0 spiro atoms. The van der Waals surface area contributed by atoms with Crippen molar-refractivity contribution in [2.24, 2.45) is 17.0 Å². The summed E-state index contributed by atoms with van der Waals surface area (Å²) in [6.45, 7) is 1.69. The third-order valence-electron chi connectivity index (χ3n) is 4.53. The Labute approximate surface area is 123 Å². The fourth-order valence-corrected chi connectivity index (χ4v) is 3.33. The van der Waals surface area contributed by atoms with Crippen molar-refractivity contribution in [3.05, 3.63) is 29.8 Å². The average molecular weight is 286 g/mol. The molecule has 0 unspecified atom stereocenters. The van der Waals surface area contributed by atoms with E-state index in [9.17, 15) is 9.59 Å². The number of imide groups is 1. The van der Waals surface area contributed by atoms with Crippen LogP contribution in [0.2, 0.25) is 0 Å². The summed E-state index contributed by atoms with van der Waals surface area (Å²) in [6, 6.07) is 6.98. The van der Waals surface area contributed by atoms with Gasteiger partial charge in [0, 0.05) is 0 Å². The molecule has 2 atom stereocenters. The first kappa shape index (κ1) is 13.8. The minimum atomic E-state index is -0.133. The zero-order chi connectivity index (χ0) is 15.0. The molecular weight excluding hydrogens is 268 g/mol. The van der Waals surface area contributed by atoms with E-state index in [1.807, 2.05) is 0 Å². The van der Waals surface area contributed by atoms with Crippen LogP contribution in [0.4, 0.5) is 5.69 Å². The number of nitrogens with zero attached hydrogens (tertiary/aromatic N) is 2. The molecule has 1 aliphatic carbocycles. The van der Waals surface area contributed by atoms with Gasteiger partial charge in [-0.3, -0.25) is 14.5 Å². The van der Waals surface area contributed by atoms with Gasteiger partial charge in [-0.15, -0.1) is 0 Å². The van der Waals surface area contributed by atoms with Crippen LogP contribution >= 0.6 is 0 Å². The highest BCUT2D eigenvalue weighted by Gasteiger charge is 2.48. The molecule has 3 rings (SSSR count). The fraction of sp³-hybridized carbons (Fsp3) is 0.438. The number of fused-ring (bicyclic) bond motifs is 1. The molecule has 2 aliphatic rings. The number of hydrogen-bond acceptors (Lipinski definition) is 4. The number of hydrogen-bond donors (Lipinski definition) is 1. The highest BCUT2D eigenvalue weighted by Crippen LogP contribution is 2.39. The van der Waals surface area contributed by atoms with E-state index in [1.165, 1.54) is 4.90 Å². The van der Waals surface area contributed by atoms with Crippen LogP contribution in [0.1, 0.15) is 38.2 Å². The number of carbonyl (C=O) groups excluding carboxylic acids is 2. The summed E-state index contributed by atoms with van der Waals surface area (Å²) in [7, 11) is 0.